The summed E-state index contributed by atoms with van der Waals surface area (Å²) in [7, 11) is 8.34. The maximum Gasteiger partial charge on any atom is 0.272 e. The fourth-order valence-electron chi connectivity index (χ4n) is 3.90. The van der Waals surface area contributed by atoms with Gasteiger partial charge in [-0.15, -0.1) is 10.2 Å². The molecule has 15 nitrogen and oxygen atoms in total. The molecule has 0 aliphatic heterocycles. The fraction of sp³-hybridized carbons (Fsp3) is 0.375. The van der Waals surface area contributed by atoms with Crippen LogP contribution < -0.4 is 26.0 Å². The number of rotatable bonds is 13. The third kappa shape index (κ3) is 7.64. The summed E-state index contributed by atoms with van der Waals surface area (Å²) in [5.41, 5.74) is 1.07. The highest BCUT2D eigenvalue weighted by molar-refractivity contribution is 6.60. The molecular weight excluding hydrogens is 545 g/mol. The number of aliphatic hydroxyl groups excluding tert-OH is 1. The van der Waals surface area contributed by atoms with E-state index in [0.29, 0.717) is 17.0 Å². The van der Waals surface area contributed by atoms with Crippen LogP contribution in [0.4, 0.5) is 17.2 Å². The van der Waals surface area contributed by atoms with E-state index in [0.717, 1.165) is 12.8 Å². The Morgan fingerprint density at radius 1 is 1.17 bits per heavy atom. The lowest BCUT2D eigenvalue weighted by Crippen LogP contribution is -2.50. The molecule has 1 atom stereocenters. The van der Waals surface area contributed by atoms with Crippen molar-refractivity contribution in [3.05, 3.63) is 35.8 Å². The van der Waals surface area contributed by atoms with Gasteiger partial charge >= 0.3 is 0 Å². The molecule has 1 aliphatic carbocycles. The lowest BCUT2D eigenvalue weighted by atomic mass is 9.49. The van der Waals surface area contributed by atoms with Gasteiger partial charge < -0.3 is 40.4 Å². The summed E-state index contributed by atoms with van der Waals surface area (Å²) in [5.74, 6) is -0.566. The van der Waals surface area contributed by atoms with Gasteiger partial charge in [-0.25, -0.2) is 0 Å². The molecule has 5 N–H and O–H groups in total. The highest BCUT2D eigenvalue weighted by Gasteiger charge is 2.30. The zero-order valence-electron chi connectivity index (χ0n) is 24.0. The minimum absolute atomic E-state index is 0.000494. The number of para-hydroxylation sites is 1. The number of hydrogen-bond acceptors (Lipinski definition) is 12. The van der Waals surface area contributed by atoms with E-state index in [2.05, 4.69) is 41.6 Å². The average Bonchev–Trinajstić information content (AvgIpc) is 3.68. The molecule has 42 heavy (non-hydrogen) atoms. The number of methoxy groups -OCH3 is 2. The number of hydrogen-bond donors (Lipinski definition) is 5. The second kappa shape index (κ2) is 13.0. The molecule has 0 radical (unpaired) electrons. The van der Waals surface area contributed by atoms with E-state index in [1.165, 1.54) is 20.3 Å². The topological polar surface area (TPSA) is 203 Å². The standard InChI is InChI=1S/C24H31B3N8O7/c1-40-10-17(37)29-15(9-36)20-31-23(42-35-20)12-4-3-5-13(19(12)41-2)28-14-8-16(30-21(38)11-6-7-11)33-34-18(14)22(39)32-24(25,26)27/h3-5,8,11,15,36H,6-7,9-10,25-27H2,1-2H3,(H,29,37)(H,32,39)(H2,28,30,33,38)/t15-/m0/s1. The number of aromatic nitrogens is 4. The van der Waals surface area contributed by atoms with Crippen LogP contribution in [-0.2, 0) is 14.3 Å². The molecule has 0 bridgehead atoms. The van der Waals surface area contributed by atoms with E-state index >= 15 is 0 Å². The Bertz CT molecular complexity index is 1460. The van der Waals surface area contributed by atoms with Gasteiger partial charge in [-0.2, -0.15) is 4.98 Å². The summed E-state index contributed by atoms with van der Waals surface area (Å²) >= 11 is 0. The van der Waals surface area contributed by atoms with Crippen molar-refractivity contribution >= 4 is 58.5 Å². The quantitative estimate of drug-likeness (QED) is 0.136. The minimum atomic E-state index is -0.923. The van der Waals surface area contributed by atoms with Gasteiger partial charge in [0.1, 0.15) is 36.2 Å². The molecule has 218 valence electrons. The Hall–Kier alpha value is -4.44. The van der Waals surface area contributed by atoms with Crippen LogP contribution in [0.15, 0.2) is 28.8 Å². The Labute approximate surface area is 244 Å². The highest BCUT2D eigenvalue weighted by Crippen LogP contribution is 2.38. The molecule has 4 rings (SSSR count). The van der Waals surface area contributed by atoms with E-state index in [-0.39, 0.29) is 47.3 Å². The molecule has 0 spiro atoms. The minimum Gasteiger partial charge on any atom is -0.494 e. The van der Waals surface area contributed by atoms with Gasteiger partial charge in [0.15, 0.2) is 23.1 Å². The number of aliphatic hydroxyl groups is 1. The number of amides is 3. The summed E-state index contributed by atoms with van der Waals surface area (Å²) in [5, 5.41) is 32.6. The second-order valence-electron chi connectivity index (χ2n) is 10.7. The molecule has 1 aliphatic rings. The van der Waals surface area contributed by atoms with Crippen LogP contribution in [0.25, 0.3) is 11.5 Å². The first-order valence-electron chi connectivity index (χ1n) is 13.2. The van der Waals surface area contributed by atoms with E-state index in [1.54, 1.807) is 18.2 Å². The largest absolute Gasteiger partial charge is 0.494 e. The maximum atomic E-state index is 13.1. The first-order valence-corrected chi connectivity index (χ1v) is 13.2. The van der Waals surface area contributed by atoms with Gasteiger partial charge in [0.05, 0.1) is 30.7 Å². The molecule has 0 saturated heterocycles. The lowest BCUT2D eigenvalue weighted by molar-refractivity contribution is -0.126. The summed E-state index contributed by atoms with van der Waals surface area (Å²) < 4.78 is 15.9. The van der Waals surface area contributed by atoms with Gasteiger partial charge in [-0.3, -0.25) is 14.4 Å². The molecule has 0 unspecified atom stereocenters. The SMILES string of the molecule is BC(B)(B)NC(=O)c1nnc(NC(=O)C2CC2)cc1Nc1cccc(-c2nc([C@H](CO)NC(=O)COC)no2)c1OC. The molecular formula is C24H31B3N8O7. The van der Waals surface area contributed by atoms with Crippen molar-refractivity contribution in [3.8, 4) is 17.2 Å². The van der Waals surface area contributed by atoms with Gasteiger partial charge in [0.25, 0.3) is 11.8 Å². The molecule has 1 aromatic carbocycles. The third-order valence-electron chi connectivity index (χ3n) is 5.96. The lowest BCUT2D eigenvalue weighted by Gasteiger charge is -2.21. The molecule has 2 heterocycles. The zero-order chi connectivity index (χ0) is 30.4. The van der Waals surface area contributed by atoms with E-state index in [1.807, 2.05) is 23.5 Å². The summed E-state index contributed by atoms with van der Waals surface area (Å²) in [6, 6.07) is 5.69. The zero-order valence-corrected chi connectivity index (χ0v) is 24.0. The molecule has 18 heteroatoms. The predicted octanol–water partition coefficient (Wildman–Crippen LogP) is -2.34. The van der Waals surface area contributed by atoms with Crippen molar-refractivity contribution < 1.29 is 33.5 Å². The van der Waals surface area contributed by atoms with Crippen molar-refractivity contribution in [3.63, 3.8) is 0 Å². The van der Waals surface area contributed by atoms with E-state index in [9.17, 15) is 19.5 Å². The van der Waals surface area contributed by atoms with Gasteiger partial charge in [0.2, 0.25) is 11.8 Å². The molecule has 1 fully saturated rings. The van der Waals surface area contributed by atoms with Gasteiger partial charge in [-0.05, 0) is 30.2 Å². The normalized spacial score (nSPS) is 13.6. The number of anilines is 3. The molecule has 2 aromatic heterocycles. The molecule has 3 amide bonds. The van der Waals surface area contributed by atoms with Gasteiger partial charge in [0, 0.05) is 19.1 Å². The van der Waals surface area contributed by atoms with E-state index < -0.39 is 29.7 Å². The average molecular weight is 576 g/mol. The van der Waals surface area contributed by atoms with Crippen LogP contribution in [0.3, 0.4) is 0 Å². The molecule has 3 aromatic rings. The van der Waals surface area contributed by atoms with Crippen molar-refractivity contribution in [2.24, 2.45) is 5.92 Å². The van der Waals surface area contributed by atoms with Crippen molar-refractivity contribution in [2.75, 3.05) is 38.1 Å². The number of carbonyl (C=O) groups is 3. The Morgan fingerprint density at radius 3 is 2.57 bits per heavy atom. The predicted molar refractivity (Wildman–Crippen MR) is 159 cm³/mol. The molecule has 1 saturated carbocycles. The number of nitrogens with one attached hydrogen (secondary N) is 4. The first-order chi connectivity index (χ1) is 20.0. The fourth-order valence-corrected chi connectivity index (χ4v) is 3.90. The van der Waals surface area contributed by atoms with Crippen molar-refractivity contribution in [2.45, 2.75) is 24.1 Å². The summed E-state index contributed by atoms with van der Waals surface area (Å²) in [4.78, 5) is 41.7. The number of ether oxygens (including phenoxy) is 2. The summed E-state index contributed by atoms with van der Waals surface area (Å²) in [6.45, 7) is -0.671. The van der Waals surface area contributed by atoms with Crippen LogP contribution in [0.2, 0.25) is 0 Å². The van der Waals surface area contributed by atoms with Crippen LogP contribution in [0.1, 0.15) is 35.2 Å². The van der Waals surface area contributed by atoms with Crippen LogP contribution in [-0.4, -0.2) is 99.4 Å². The highest BCUT2D eigenvalue weighted by atomic mass is 16.5. The number of nitrogens with zero attached hydrogens (tertiary/aromatic N) is 4. The van der Waals surface area contributed by atoms with E-state index in [4.69, 9.17) is 14.0 Å². The van der Waals surface area contributed by atoms with Crippen LogP contribution in [0.5, 0.6) is 5.75 Å². The van der Waals surface area contributed by atoms with Crippen LogP contribution in [0, 0.1) is 5.92 Å². The Kier molecular flexibility index (Phi) is 9.47. The third-order valence-corrected chi connectivity index (χ3v) is 5.96. The Balaban J connectivity index is 1.67. The monoisotopic (exact) mass is 576 g/mol. The second-order valence-corrected chi connectivity index (χ2v) is 10.7. The Morgan fingerprint density at radius 2 is 1.93 bits per heavy atom. The summed E-state index contributed by atoms with van der Waals surface area (Å²) in [6.07, 6.45) is 1.63. The maximum absolute atomic E-state index is 13.1. The van der Waals surface area contributed by atoms with Gasteiger partial charge in [-0.1, -0.05) is 11.2 Å². The van der Waals surface area contributed by atoms with Crippen molar-refractivity contribution in [1.29, 1.82) is 0 Å². The van der Waals surface area contributed by atoms with Crippen LogP contribution >= 0.6 is 0 Å². The number of carbonyl (C=O) groups excluding carboxylic acids is 3. The van der Waals surface area contributed by atoms with Crippen molar-refractivity contribution in [1.82, 2.24) is 31.0 Å². The smallest absolute Gasteiger partial charge is 0.272 e. The first kappa shape index (κ1) is 30.5. The number of benzene rings is 1.